The Morgan fingerprint density at radius 1 is 1.02 bits per heavy atom. The van der Waals surface area contributed by atoms with Gasteiger partial charge < -0.3 is 19.8 Å². The monoisotopic (exact) mass is 745 g/mol. The van der Waals surface area contributed by atoms with Crippen LogP contribution >= 0.6 is 0 Å². The fourth-order valence-corrected chi connectivity index (χ4v) is 14.9. The maximum Gasteiger partial charge on any atom is 0.319 e. The second-order valence-electron chi connectivity index (χ2n) is 16.8. The van der Waals surface area contributed by atoms with Crippen molar-refractivity contribution in [3.05, 3.63) is 47.2 Å². The number of ether oxygens (including phenoxy) is 1. The van der Waals surface area contributed by atoms with Gasteiger partial charge in [-0.15, -0.1) is 5.54 Å². The quantitative estimate of drug-likeness (QED) is 0.138. The molecule has 2 aromatic carbocycles. The third-order valence-corrected chi connectivity index (χ3v) is 18.4. The molecule has 3 fully saturated rings. The molecule has 4 aromatic rings. The molecule has 2 N–H and O–H groups in total. The van der Waals surface area contributed by atoms with Gasteiger partial charge in [-0.1, -0.05) is 53.5 Å². The van der Waals surface area contributed by atoms with Crippen LogP contribution in [0.25, 0.3) is 32.9 Å². The Bertz CT molecular complexity index is 2140. The number of aromatic nitrogens is 3. The Hall–Kier alpha value is -3.92. The van der Waals surface area contributed by atoms with E-state index in [0.717, 1.165) is 19.4 Å². The van der Waals surface area contributed by atoms with Crippen molar-refractivity contribution < 1.29 is 28.1 Å². The van der Waals surface area contributed by atoms with Gasteiger partial charge in [0.15, 0.2) is 5.82 Å². The van der Waals surface area contributed by atoms with Gasteiger partial charge >= 0.3 is 6.01 Å². The molecule has 8 nitrogen and oxygen atoms in total. The number of rotatable bonds is 8. The largest absolute Gasteiger partial charge is 0.508 e. The van der Waals surface area contributed by atoms with E-state index in [9.17, 15) is 14.6 Å². The maximum absolute atomic E-state index is 17.3. The first-order valence-corrected chi connectivity index (χ1v) is 21.1. The summed E-state index contributed by atoms with van der Waals surface area (Å²) >= 11 is 0. The molecule has 0 unspecified atom stereocenters. The van der Waals surface area contributed by atoms with Gasteiger partial charge in [0.1, 0.15) is 49.4 Å². The lowest BCUT2D eigenvalue weighted by Crippen LogP contribution is -2.60. The van der Waals surface area contributed by atoms with Crippen molar-refractivity contribution in [3.8, 4) is 34.5 Å². The molecule has 3 aliphatic rings. The van der Waals surface area contributed by atoms with Gasteiger partial charge in [-0.3, -0.25) is 4.90 Å². The highest BCUT2D eigenvalue weighted by Gasteiger charge is 2.49. The van der Waals surface area contributed by atoms with Crippen molar-refractivity contribution >= 4 is 35.6 Å². The molecule has 0 radical (unpaired) electrons. The summed E-state index contributed by atoms with van der Waals surface area (Å²) in [5, 5.41) is 22.8. The van der Waals surface area contributed by atoms with E-state index in [2.05, 4.69) is 62.9 Å². The van der Waals surface area contributed by atoms with Crippen LogP contribution in [0.2, 0.25) is 16.6 Å². The molecule has 12 heteroatoms. The lowest BCUT2D eigenvalue weighted by atomic mass is 9.94. The predicted molar refractivity (Wildman–Crippen MR) is 206 cm³/mol. The highest BCUT2D eigenvalue weighted by atomic mass is 28.3. The van der Waals surface area contributed by atoms with E-state index in [0.29, 0.717) is 57.3 Å². The topological polar surface area (TPSA) is 94.8 Å². The van der Waals surface area contributed by atoms with Gasteiger partial charge in [0.05, 0.1) is 27.8 Å². The zero-order chi connectivity index (χ0) is 38.2. The lowest BCUT2D eigenvalue weighted by molar-refractivity contribution is 0.0305. The number of pyridine rings is 1. The number of halogens is 3. The summed E-state index contributed by atoms with van der Waals surface area (Å²) in [6, 6.07) is 5.75. The summed E-state index contributed by atoms with van der Waals surface area (Å²) in [6.45, 7) is 18.4. The van der Waals surface area contributed by atoms with Crippen LogP contribution < -0.4 is 9.64 Å². The third kappa shape index (κ3) is 6.32. The standard InChI is InChI=1S/C41H50F3N5O3Si/c1-23(2)53(24(3)4,25(5)6)15-12-30-32(43)11-10-27-16-29(50)17-31(34(27)30)36-35(44)37-33(26(7)45-36)38(48-20-40(8,51)21-48)47-39(46-37)52-22-41-13-9-14-49(41)19-28(42)18-41/h10-11,16-17,23-25,28,50-51H,9,13-14,18-22H2,1-8H3/t28-,41+/m1/s1. The summed E-state index contributed by atoms with van der Waals surface area (Å²) in [5.74, 6) is 2.17. The van der Waals surface area contributed by atoms with Crippen LogP contribution in [0.15, 0.2) is 24.3 Å². The number of phenols is 1. The Labute approximate surface area is 310 Å². The van der Waals surface area contributed by atoms with Gasteiger partial charge in [0, 0.05) is 37.0 Å². The van der Waals surface area contributed by atoms with E-state index >= 15 is 8.78 Å². The average molecular weight is 746 g/mol. The van der Waals surface area contributed by atoms with Crippen LogP contribution in [0, 0.1) is 30.0 Å². The molecule has 0 bridgehead atoms. The number of aromatic hydroxyl groups is 1. The predicted octanol–water partition coefficient (Wildman–Crippen LogP) is 8.23. The molecule has 53 heavy (non-hydrogen) atoms. The highest BCUT2D eigenvalue weighted by molar-refractivity contribution is 6.90. The van der Waals surface area contributed by atoms with Crippen molar-refractivity contribution in [2.45, 2.75) is 109 Å². The molecule has 5 heterocycles. The van der Waals surface area contributed by atoms with Crippen LogP contribution in [-0.4, -0.2) is 88.2 Å². The highest BCUT2D eigenvalue weighted by Crippen LogP contribution is 2.44. The van der Waals surface area contributed by atoms with E-state index in [4.69, 9.17) is 14.7 Å². The molecular weight excluding hydrogens is 696 g/mol. The Morgan fingerprint density at radius 2 is 1.72 bits per heavy atom. The lowest BCUT2D eigenvalue weighted by Gasteiger charge is -2.45. The fourth-order valence-electron chi connectivity index (χ4n) is 9.69. The molecule has 3 saturated heterocycles. The number of alkyl halides is 1. The summed E-state index contributed by atoms with van der Waals surface area (Å²) in [5.41, 5.74) is 3.67. The number of nitrogens with zero attached hydrogens (tertiary/aromatic N) is 5. The van der Waals surface area contributed by atoms with Gasteiger partial charge in [-0.25, -0.2) is 18.2 Å². The molecule has 0 amide bonds. The average Bonchev–Trinajstić information content (AvgIpc) is 3.59. The summed E-state index contributed by atoms with van der Waals surface area (Å²) in [4.78, 5) is 18.0. The number of benzene rings is 2. The van der Waals surface area contributed by atoms with E-state index in [1.165, 1.54) is 18.2 Å². The van der Waals surface area contributed by atoms with Crippen LogP contribution in [0.5, 0.6) is 11.8 Å². The number of β-amino-alcohol motifs (C(OH)–C–C–N with tert-alkyl or cyclic N) is 1. The molecule has 7 rings (SSSR count). The second kappa shape index (κ2) is 13.4. The minimum Gasteiger partial charge on any atom is -0.508 e. The third-order valence-electron chi connectivity index (χ3n) is 12.1. The molecule has 2 aromatic heterocycles. The Balaban J connectivity index is 1.42. The second-order valence-corrected chi connectivity index (χ2v) is 22.4. The molecule has 3 aliphatic heterocycles. The first-order chi connectivity index (χ1) is 25.0. The van der Waals surface area contributed by atoms with E-state index in [1.807, 2.05) is 4.90 Å². The minimum absolute atomic E-state index is 0.0546. The molecule has 282 valence electrons. The van der Waals surface area contributed by atoms with Crippen molar-refractivity contribution in [2.75, 3.05) is 37.7 Å². The normalized spacial score (nSPS) is 21.5. The van der Waals surface area contributed by atoms with Gasteiger partial charge in [-0.2, -0.15) is 9.97 Å². The smallest absolute Gasteiger partial charge is 0.319 e. The van der Waals surface area contributed by atoms with E-state index in [-0.39, 0.29) is 53.8 Å². The number of phenolic OH excluding ortho intramolecular Hbond substituents is 1. The number of aryl methyl sites for hydroxylation is 1. The van der Waals surface area contributed by atoms with Crippen molar-refractivity contribution in [1.29, 1.82) is 0 Å². The number of aliphatic hydroxyl groups is 1. The van der Waals surface area contributed by atoms with Crippen LogP contribution in [0.4, 0.5) is 19.0 Å². The first-order valence-electron chi connectivity index (χ1n) is 18.8. The Kier molecular flexibility index (Phi) is 9.47. The SMILES string of the molecule is Cc1nc(-c2cc(O)cc3ccc(F)c(C#C[Si](C(C)C)(C(C)C)C(C)C)c23)c(F)c2nc(OC[C@@]34CCCN3C[C@H](F)C4)nc(N3CC(C)(O)C3)c12. The van der Waals surface area contributed by atoms with E-state index in [1.54, 1.807) is 19.9 Å². The van der Waals surface area contributed by atoms with Crippen LogP contribution in [0.3, 0.4) is 0 Å². The van der Waals surface area contributed by atoms with Gasteiger partial charge in [-0.05, 0) is 73.4 Å². The minimum atomic E-state index is -2.29. The van der Waals surface area contributed by atoms with E-state index < -0.39 is 37.0 Å². The van der Waals surface area contributed by atoms with Crippen molar-refractivity contribution in [1.82, 2.24) is 19.9 Å². The molecule has 0 aliphatic carbocycles. The summed E-state index contributed by atoms with van der Waals surface area (Å²) in [6.07, 6.45) is 1.13. The summed E-state index contributed by atoms with van der Waals surface area (Å²) in [7, 11) is -2.29. The van der Waals surface area contributed by atoms with Gasteiger partial charge in [0.25, 0.3) is 0 Å². The maximum atomic E-state index is 17.3. The van der Waals surface area contributed by atoms with Gasteiger partial charge in [0.2, 0.25) is 0 Å². The van der Waals surface area contributed by atoms with Crippen LogP contribution in [-0.2, 0) is 0 Å². The van der Waals surface area contributed by atoms with Crippen molar-refractivity contribution in [3.63, 3.8) is 0 Å². The van der Waals surface area contributed by atoms with Crippen molar-refractivity contribution in [2.24, 2.45) is 0 Å². The first kappa shape index (κ1) is 37.4. The number of hydrogen-bond acceptors (Lipinski definition) is 8. The molecular formula is C41H50F3N5O3Si. The Morgan fingerprint density at radius 3 is 2.38 bits per heavy atom. The summed E-state index contributed by atoms with van der Waals surface area (Å²) < 4.78 is 54.1. The molecule has 0 spiro atoms. The number of anilines is 1. The fraction of sp³-hybridized carbons (Fsp3) is 0.537. The number of hydrogen-bond donors (Lipinski definition) is 2. The number of fused-ring (bicyclic) bond motifs is 3. The molecule has 0 saturated carbocycles. The zero-order valence-electron chi connectivity index (χ0n) is 31.9. The molecule has 2 atom stereocenters. The zero-order valence-corrected chi connectivity index (χ0v) is 32.9. The van der Waals surface area contributed by atoms with Crippen LogP contribution in [0.1, 0.15) is 79.0 Å².